The lowest BCUT2D eigenvalue weighted by Crippen LogP contribution is -2.27. The Morgan fingerprint density at radius 1 is 1.15 bits per heavy atom. The average Bonchev–Trinajstić information content (AvgIpc) is 3.14. The van der Waals surface area contributed by atoms with Crippen molar-refractivity contribution in [2.45, 2.75) is 12.8 Å². The fraction of sp³-hybridized carbons (Fsp3) is 0.400. The number of carbonyl (C=O) groups is 1. The van der Waals surface area contributed by atoms with E-state index in [2.05, 4.69) is 4.98 Å². The van der Waals surface area contributed by atoms with E-state index in [1.165, 1.54) is 0 Å². The molecule has 0 bridgehead atoms. The van der Waals surface area contributed by atoms with Crippen molar-refractivity contribution < 1.29 is 14.3 Å². The van der Waals surface area contributed by atoms with Crippen LogP contribution >= 0.6 is 0 Å². The number of hydrogen-bond acceptors (Lipinski definition) is 3. The summed E-state index contributed by atoms with van der Waals surface area (Å²) in [4.78, 5) is 17.4. The smallest absolute Gasteiger partial charge is 0.270 e. The Morgan fingerprint density at radius 3 is 2.55 bits per heavy atom. The minimum absolute atomic E-state index is 0.0553. The van der Waals surface area contributed by atoms with E-state index in [9.17, 15) is 4.79 Å². The molecule has 20 heavy (non-hydrogen) atoms. The highest BCUT2D eigenvalue weighted by Gasteiger charge is 2.21. The molecule has 0 radical (unpaired) electrons. The Hall–Kier alpha value is -2.17. The summed E-state index contributed by atoms with van der Waals surface area (Å²) in [6, 6.07) is 5.57. The van der Waals surface area contributed by atoms with Crippen LogP contribution in [0.4, 0.5) is 0 Å². The molecule has 1 aliphatic rings. The lowest BCUT2D eigenvalue weighted by Gasteiger charge is -2.13. The van der Waals surface area contributed by atoms with Crippen LogP contribution in [-0.4, -0.2) is 43.1 Å². The van der Waals surface area contributed by atoms with E-state index in [1.54, 1.807) is 14.2 Å². The van der Waals surface area contributed by atoms with Gasteiger partial charge in [-0.3, -0.25) is 4.79 Å². The van der Waals surface area contributed by atoms with Crippen LogP contribution in [0.25, 0.3) is 10.9 Å². The number of methoxy groups -OCH3 is 2. The lowest BCUT2D eigenvalue weighted by molar-refractivity contribution is 0.0788. The zero-order valence-electron chi connectivity index (χ0n) is 11.7. The van der Waals surface area contributed by atoms with E-state index in [1.807, 2.05) is 23.1 Å². The Balaban J connectivity index is 2.03. The highest BCUT2D eigenvalue weighted by Crippen LogP contribution is 2.31. The van der Waals surface area contributed by atoms with Crippen LogP contribution in [0.5, 0.6) is 11.5 Å². The summed E-state index contributed by atoms with van der Waals surface area (Å²) in [5.74, 6) is 1.45. The molecule has 1 N–H and O–H groups in total. The van der Waals surface area contributed by atoms with E-state index in [0.29, 0.717) is 17.2 Å². The second-order valence-electron chi connectivity index (χ2n) is 4.98. The van der Waals surface area contributed by atoms with Gasteiger partial charge in [0.2, 0.25) is 0 Å². The van der Waals surface area contributed by atoms with Crippen LogP contribution in [0.1, 0.15) is 23.3 Å². The fourth-order valence-corrected chi connectivity index (χ4v) is 2.67. The van der Waals surface area contributed by atoms with Gasteiger partial charge < -0.3 is 19.4 Å². The third-order valence-electron chi connectivity index (χ3n) is 3.74. The summed E-state index contributed by atoms with van der Waals surface area (Å²) in [6.45, 7) is 1.68. The molecule has 106 valence electrons. The van der Waals surface area contributed by atoms with Gasteiger partial charge in [0.1, 0.15) is 17.2 Å². The van der Waals surface area contributed by atoms with Gasteiger partial charge in [0, 0.05) is 24.5 Å². The van der Waals surface area contributed by atoms with Crippen molar-refractivity contribution in [1.82, 2.24) is 9.88 Å². The summed E-state index contributed by atoms with van der Waals surface area (Å²) >= 11 is 0. The van der Waals surface area contributed by atoms with Gasteiger partial charge in [-0.15, -0.1) is 0 Å². The monoisotopic (exact) mass is 274 g/mol. The molecule has 1 aliphatic heterocycles. The maximum atomic E-state index is 12.4. The highest BCUT2D eigenvalue weighted by atomic mass is 16.5. The molecular formula is C15H18N2O3. The van der Waals surface area contributed by atoms with Gasteiger partial charge in [-0.25, -0.2) is 0 Å². The van der Waals surface area contributed by atoms with Crippen molar-refractivity contribution in [2.24, 2.45) is 0 Å². The molecule has 0 saturated carbocycles. The number of nitrogens with zero attached hydrogens (tertiary/aromatic N) is 1. The number of likely N-dealkylation sites (tertiary alicyclic amines) is 1. The third kappa shape index (κ3) is 2.09. The number of aromatic nitrogens is 1. The predicted octanol–water partition coefficient (Wildman–Crippen LogP) is 2.42. The van der Waals surface area contributed by atoms with Crippen LogP contribution in [0.3, 0.4) is 0 Å². The maximum absolute atomic E-state index is 12.4. The fourth-order valence-electron chi connectivity index (χ4n) is 2.67. The molecule has 1 fully saturated rings. The topological polar surface area (TPSA) is 54.6 Å². The quantitative estimate of drug-likeness (QED) is 0.935. The molecule has 2 heterocycles. The van der Waals surface area contributed by atoms with Gasteiger partial charge in [0.15, 0.2) is 0 Å². The zero-order valence-corrected chi connectivity index (χ0v) is 11.7. The van der Waals surface area contributed by atoms with Crippen LogP contribution in [0.2, 0.25) is 0 Å². The molecule has 1 amide bonds. The van der Waals surface area contributed by atoms with Gasteiger partial charge in [-0.05, 0) is 25.0 Å². The molecule has 5 heteroatoms. The molecule has 3 rings (SSSR count). The zero-order chi connectivity index (χ0) is 14.1. The summed E-state index contributed by atoms with van der Waals surface area (Å²) in [6.07, 6.45) is 2.17. The minimum atomic E-state index is 0.0553. The highest BCUT2D eigenvalue weighted by molar-refractivity contribution is 6.00. The van der Waals surface area contributed by atoms with Crippen molar-refractivity contribution in [2.75, 3.05) is 27.3 Å². The molecule has 0 atom stereocenters. The maximum Gasteiger partial charge on any atom is 0.270 e. The number of rotatable bonds is 3. The Kier molecular flexibility index (Phi) is 3.26. The predicted molar refractivity (Wildman–Crippen MR) is 76.5 cm³/mol. The average molecular weight is 274 g/mol. The van der Waals surface area contributed by atoms with Gasteiger partial charge in [0.25, 0.3) is 5.91 Å². The number of ether oxygens (including phenoxy) is 2. The van der Waals surface area contributed by atoms with Crippen molar-refractivity contribution in [3.8, 4) is 11.5 Å². The molecular weight excluding hydrogens is 256 g/mol. The number of fused-ring (bicyclic) bond motifs is 1. The molecule has 1 aromatic heterocycles. The van der Waals surface area contributed by atoms with Gasteiger partial charge in [-0.2, -0.15) is 0 Å². The minimum Gasteiger partial charge on any atom is -0.497 e. The van der Waals surface area contributed by atoms with Crippen LogP contribution in [0.15, 0.2) is 18.2 Å². The normalized spacial score (nSPS) is 14.8. The number of H-pyrrole nitrogens is 1. The Morgan fingerprint density at radius 2 is 1.90 bits per heavy atom. The third-order valence-corrected chi connectivity index (χ3v) is 3.74. The first-order valence-electron chi connectivity index (χ1n) is 6.77. The molecule has 1 saturated heterocycles. The molecule has 5 nitrogen and oxygen atoms in total. The largest absolute Gasteiger partial charge is 0.497 e. The summed E-state index contributed by atoms with van der Waals surface area (Å²) < 4.78 is 10.6. The van der Waals surface area contributed by atoms with Gasteiger partial charge in [-0.1, -0.05) is 0 Å². The molecule has 2 aromatic rings. The van der Waals surface area contributed by atoms with E-state index in [4.69, 9.17) is 9.47 Å². The van der Waals surface area contributed by atoms with E-state index in [-0.39, 0.29) is 5.91 Å². The first kappa shape index (κ1) is 12.8. The summed E-state index contributed by atoms with van der Waals surface area (Å²) in [7, 11) is 3.22. The van der Waals surface area contributed by atoms with Crippen molar-refractivity contribution >= 4 is 16.8 Å². The van der Waals surface area contributed by atoms with E-state index in [0.717, 1.165) is 36.8 Å². The van der Waals surface area contributed by atoms with Crippen LogP contribution in [0, 0.1) is 0 Å². The molecule has 1 aromatic carbocycles. The second-order valence-corrected chi connectivity index (χ2v) is 4.98. The van der Waals surface area contributed by atoms with Crippen molar-refractivity contribution in [3.63, 3.8) is 0 Å². The first-order chi connectivity index (χ1) is 9.72. The Bertz CT molecular complexity index is 642. The molecule has 0 spiro atoms. The second kappa shape index (κ2) is 5.07. The molecule has 0 unspecified atom stereocenters. The number of carbonyl (C=O) groups excluding carboxylic acids is 1. The van der Waals surface area contributed by atoms with Gasteiger partial charge >= 0.3 is 0 Å². The number of benzene rings is 1. The molecule has 0 aliphatic carbocycles. The van der Waals surface area contributed by atoms with E-state index >= 15 is 0 Å². The standard InChI is InChI=1S/C15H18N2O3/c1-19-11-7-10-8-12(15(18)17-5-3-4-6-17)16-14(10)13(9-11)20-2/h7-9,16H,3-6H2,1-2H3. The Labute approximate surface area is 117 Å². The van der Waals surface area contributed by atoms with E-state index < -0.39 is 0 Å². The van der Waals surface area contributed by atoms with Crippen molar-refractivity contribution in [3.05, 3.63) is 23.9 Å². The first-order valence-corrected chi connectivity index (χ1v) is 6.77. The van der Waals surface area contributed by atoms with Gasteiger partial charge in [0.05, 0.1) is 19.7 Å². The number of nitrogens with one attached hydrogen (secondary N) is 1. The van der Waals surface area contributed by atoms with Crippen molar-refractivity contribution in [1.29, 1.82) is 0 Å². The summed E-state index contributed by atoms with van der Waals surface area (Å²) in [5, 5.41) is 0.920. The number of amides is 1. The van der Waals surface area contributed by atoms with Crippen LogP contribution in [-0.2, 0) is 0 Å². The summed E-state index contributed by atoms with van der Waals surface area (Å²) in [5.41, 5.74) is 1.43. The number of aromatic amines is 1. The SMILES string of the molecule is COc1cc(OC)c2[nH]c(C(=O)N3CCCC3)cc2c1. The van der Waals surface area contributed by atoms with Crippen LogP contribution < -0.4 is 9.47 Å². The lowest BCUT2D eigenvalue weighted by atomic mass is 10.2. The number of hydrogen-bond donors (Lipinski definition) is 1.